The first-order valence-electron chi connectivity index (χ1n) is 14.2. The molecule has 1 aromatic carbocycles. The van der Waals surface area contributed by atoms with Crippen LogP contribution in [0.4, 0.5) is 0 Å². The SMILES string of the molecule is C#C[C@@]1(O)CCC2C3CCC4=C/C(=N\OCC(=O)NC(C(=O)OC)c5ccccc5)CC[C@]4(C)C3CC[C@@]21C. The summed E-state index contributed by atoms with van der Waals surface area (Å²) in [5.41, 5.74) is 1.86. The van der Waals surface area contributed by atoms with Gasteiger partial charge in [0, 0.05) is 5.41 Å². The number of rotatable bonds is 6. The molecule has 0 aliphatic heterocycles. The van der Waals surface area contributed by atoms with Gasteiger partial charge in [-0.1, -0.05) is 60.8 Å². The van der Waals surface area contributed by atoms with E-state index in [-0.39, 0.29) is 17.4 Å². The molecule has 4 aliphatic carbocycles. The van der Waals surface area contributed by atoms with Gasteiger partial charge >= 0.3 is 5.97 Å². The minimum absolute atomic E-state index is 0.112. The molecule has 0 heterocycles. The van der Waals surface area contributed by atoms with Gasteiger partial charge in [-0.2, -0.15) is 0 Å². The topological polar surface area (TPSA) is 97.2 Å². The number of amides is 1. The average molecular weight is 533 g/mol. The maximum absolute atomic E-state index is 12.6. The Bertz CT molecular complexity index is 1220. The number of fused-ring (bicyclic) bond motifs is 5. The Kier molecular flexibility index (Phi) is 7.37. The number of terminal acetylenes is 1. The van der Waals surface area contributed by atoms with Crippen LogP contribution in [0.1, 0.15) is 76.8 Å². The van der Waals surface area contributed by atoms with Crippen LogP contribution < -0.4 is 5.32 Å². The minimum Gasteiger partial charge on any atom is -0.467 e. The monoisotopic (exact) mass is 532 g/mol. The predicted octanol–water partition coefficient (Wildman–Crippen LogP) is 4.72. The molecule has 3 saturated carbocycles. The molecule has 7 atom stereocenters. The number of oxime groups is 1. The summed E-state index contributed by atoms with van der Waals surface area (Å²) in [6.07, 6.45) is 15.7. The molecule has 2 N–H and O–H groups in total. The van der Waals surface area contributed by atoms with Crippen LogP contribution in [0.25, 0.3) is 0 Å². The summed E-state index contributed by atoms with van der Waals surface area (Å²) in [6.45, 7) is 4.34. The van der Waals surface area contributed by atoms with E-state index in [2.05, 4.69) is 36.3 Å². The molecule has 7 nitrogen and oxygen atoms in total. The van der Waals surface area contributed by atoms with E-state index >= 15 is 0 Å². The van der Waals surface area contributed by atoms with Crippen molar-refractivity contribution in [2.45, 2.75) is 76.9 Å². The van der Waals surface area contributed by atoms with Gasteiger partial charge in [-0.3, -0.25) is 4.79 Å². The normalized spacial score (nSPS) is 36.8. The van der Waals surface area contributed by atoms with Crippen molar-refractivity contribution in [1.82, 2.24) is 5.32 Å². The van der Waals surface area contributed by atoms with Gasteiger partial charge in [0.05, 0.1) is 12.8 Å². The van der Waals surface area contributed by atoms with Crippen LogP contribution in [0.15, 0.2) is 47.1 Å². The third kappa shape index (κ3) is 4.67. The summed E-state index contributed by atoms with van der Waals surface area (Å²) < 4.78 is 4.86. The predicted molar refractivity (Wildman–Crippen MR) is 148 cm³/mol. The zero-order chi connectivity index (χ0) is 27.8. The quantitative estimate of drug-likeness (QED) is 0.314. The Hall–Kier alpha value is -3.11. The lowest BCUT2D eigenvalue weighted by Crippen LogP contribution is -2.54. The number of esters is 1. The molecular formula is C32H40N2O5. The number of methoxy groups -OCH3 is 1. The van der Waals surface area contributed by atoms with Crippen molar-refractivity contribution in [1.29, 1.82) is 0 Å². The van der Waals surface area contributed by atoms with E-state index in [0.29, 0.717) is 29.7 Å². The molecule has 0 radical (unpaired) electrons. The van der Waals surface area contributed by atoms with E-state index in [1.807, 2.05) is 6.07 Å². The van der Waals surface area contributed by atoms with Crippen molar-refractivity contribution in [3.05, 3.63) is 47.5 Å². The highest BCUT2D eigenvalue weighted by Gasteiger charge is 2.63. The number of carbonyl (C=O) groups excluding carboxylic acids is 2. The molecule has 4 unspecified atom stereocenters. The molecule has 5 rings (SSSR count). The summed E-state index contributed by atoms with van der Waals surface area (Å²) >= 11 is 0. The molecule has 0 spiro atoms. The van der Waals surface area contributed by atoms with Crippen LogP contribution in [0.3, 0.4) is 0 Å². The first-order valence-corrected chi connectivity index (χ1v) is 14.2. The van der Waals surface area contributed by atoms with E-state index in [0.717, 1.165) is 50.7 Å². The molecule has 0 saturated heterocycles. The van der Waals surface area contributed by atoms with Gasteiger partial charge in [-0.05, 0) is 86.2 Å². The second-order valence-corrected chi connectivity index (χ2v) is 12.3. The fourth-order valence-corrected chi connectivity index (χ4v) is 8.31. The third-order valence-electron chi connectivity index (χ3n) is 10.6. The fraction of sp³-hybridized carbons (Fsp3) is 0.594. The Labute approximate surface area is 231 Å². The number of carbonyl (C=O) groups is 2. The Balaban J connectivity index is 1.22. The van der Waals surface area contributed by atoms with E-state index in [9.17, 15) is 14.7 Å². The van der Waals surface area contributed by atoms with E-state index in [4.69, 9.17) is 16.0 Å². The number of nitrogens with zero attached hydrogens (tertiary/aromatic N) is 1. The van der Waals surface area contributed by atoms with Gasteiger partial charge in [0.25, 0.3) is 5.91 Å². The van der Waals surface area contributed by atoms with Crippen LogP contribution in [0.2, 0.25) is 0 Å². The largest absolute Gasteiger partial charge is 0.467 e. The first kappa shape index (κ1) is 27.5. The summed E-state index contributed by atoms with van der Waals surface area (Å²) in [7, 11) is 1.29. The zero-order valence-electron chi connectivity index (χ0n) is 23.2. The number of aliphatic hydroxyl groups is 1. The van der Waals surface area contributed by atoms with E-state index in [1.54, 1.807) is 24.3 Å². The van der Waals surface area contributed by atoms with Crippen LogP contribution in [0.5, 0.6) is 0 Å². The van der Waals surface area contributed by atoms with Crippen molar-refractivity contribution in [3.8, 4) is 12.3 Å². The number of benzene rings is 1. The Morgan fingerprint density at radius 3 is 2.59 bits per heavy atom. The van der Waals surface area contributed by atoms with Crippen LogP contribution in [-0.4, -0.2) is 42.0 Å². The molecule has 4 aliphatic rings. The highest BCUT2D eigenvalue weighted by molar-refractivity contribution is 5.96. The molecule has 0 aromatic heterocycles. The molecule has 1 aromatic rings. The highest BCUT2D eigenvalue weighted by atomic mass is 16.6. The number of ether oxygens (including phenoxy) is 1. The van der Waals surface area contributed by atoms with Gasteiger partial charge in [0.15, 0.2) is 12.6 Å². The van der Waals surface area contributed by atoms with Crippen molar-refractivity contribution in [2.24, 2.45) is 33.7 Å². The second-order valence-electron chi connectivity index (χ2n) is 12.3. The third-order valence-corrected chi connectivity index (χ3v) is 10.6. The van der Waals surface area contributed by atoms with E-state index in [1.165, 1.54) is 12.7 Å². The van der Waals surface area contributed by atoms with Crippen molar-refractivity contribution in [3.63, 3.8) is 0 Å². The number of hydrogen-bond donors (Lipinski definition) is 2. The van der Waals surface area contributed by atoms with Gasteiger partial charge in [0.2, 0.25) is 0 Å². The smallest absolute Gasteiger partial charge is 0.333 e. The van der Waals surface area contributed by atoms with Crippen molar-refractivity contribution in [2.75, 3.05) is 13.7 Å². The minimum atomic E-state index is -0.979. The molecule has 208 valence electrons. The number of allylic oxidation sites excluding steroid dienone is 2. The highest BCUT2D eigenvalue weighted by Crippen LogP contribution is 2.67. The molecule has 39 heavy (non-hydrogen) atoms. The van der Waals surface area contributed by atoms with Gasteiger partial charge in [-0.15, -0.1) is 6.42 Å². The maximum atomic E-state index is 12.6. The molecule has 0 bridgehead atoms. The molecule has 1 amide bonds. The maximum Gasteiger partial charge on any atom is 0.333 e. The summed E-state index contributed by atoms with van der Waals surface area (Å²) in [6, 6.07) is 8.06. The summed E-state index contributed by atoms with van der Waals surface area (Å²) in [5.74, 6) is 3.41. The molecular weight excluding hydrogens is 492 g/mol. The van der Waals surface area contributed by atoms with Gasteiger partial charge in [0.1, 0.15) is 5.60 Å². The second kappa shape index (κ2) is 10.5. The van der Waals surface area contributed by atoms with Crippen LogP contribution >= 0.6 is 0 Å². The number of hydrogen-bond acceptors (Lipinski definition) is 6. The van der Waals surface area contributed by atoms with E-state index < -0.39 is 23.5 Å². The standard InChI is InChI=1S/C32H40N2O5/c1-5-32(37)18-15-26-24-12-11-22-19-23(13-16-30(22,2)25(24)14-17-31(26,32)3)34-39-20-27(35)33-28(29(36)38-4)21-9-7-6-8-10-21/h1,6-10,19,24-26,28,37H,11-18,20H2,2-4H3,(H,33,35)/b34-23-/t24?,25?,26?,28?,30-,31-,32+/m0/s1. The van der Waals surface area contributed by atoms with Gasteiger partial charge in [-0.25, -0.2) is 4.79 Å². The fourth-order valence-electron chi connectivity index (χ4n) is 8.31. The first-order chi connectivity index (χ1) is 18.6. The average Bonchev–Trinajstić information content (AvgIpc) is 3.22. The summed E-state index contributed by atoms with van der Waals surface area (Å²) in [4.78, 5) is 30.2. The zero-order valence-corrected chi connectivity index (χ0v) is 23.2. The lowest BCUT2D eigenvalue weighted by Gasteiger charge is -2.58. The lowest BCUT2D eigenvalue weighted by atomic mass is 9.46. The lowest BCUT2D eigenvalue weighted by molar-refractivity contribution is -0.145. The summed E-state index contributed by atoms with van der Waals surface area (Å²) in [5, 5.41) is 18.2. The van der Waals surface area contributed by atoms with Crippen molar-refractivity contribution >= 4 is 17.6 Å². The number of nitrogens with one attached hydrogen (secondary N) is 1. The Morgan fingerprint density at radius 2 is 1.87 bits per heavy atom. The Morgan fingerprint density at radius 1 is 1.13 bits per heavy atom. The van der Waals surface area contributed by atoms with Crippen LogP contribution in [-0.2, 0) is 19.2 Å². The van der Waals surface area contributed by atoms with Gasteiger partial charge < -0.3 is 20.0 Å². The molecule has 7 heteroatoms. The van der Waals surface area contributed by atoms with Crippen LogP contribution in [0, 0.1) is 40.9 Å². The van der Waals surface area contributed by atoms with Crippen molar-refractivity contribution < 1.29 is 24.3 Å². The molecule has 3 fully saturated rings.